The Balaban J connectivity index is 1.62. The number of rotatable bonds is 4. The highest BCUT2D eigenvalue weighted by Crippen LogP contribution is 2.41. The lowest BCUT2D eigenvalue weighted by Crippen LogP contribution is -2.44. The van der Waals surface area contributed by atoms with Gasteiger partial charge in [-0.15, -0.1) is 0 Å². The van der Waals surface area contributed by atoms with Crippen molar-refractivity contribution in [3.8, 4) is 11.5 Å². The molecular formula is C25H30N2O3. The van der Waals surface area contributed by atoms with Crippen LogP contribution in [0.1, 0.15) is 43.4 Å². The van der Waals surface area contributed by atoms with E-state index in [0.29, 0.717) is 12.5 Å². The van der Waals surface area contributed by atoms with Gasteiger partial charge in [0.1, 0.15) is 11.4 Å². The molecule has 0 radical (unpaired) electrons. The van der Waals surface area contributed by atoms with Gasteiger partial charge in [-0.25, -0.2) is 4.99 Å². The maximum absolute atomic E-state index is 11.5. The molecule has 2 heterocycles. The van der Waals surface area contributed by atoms with Crippen LogP contribution in [-0.4, -0.2) is 41.3 Å². The van der Waals surface area contributed by atoms with E-state index in [0.717, 1.165) is 65.5 Å². The number of carboxylic acids is 1. The third-order valence-electron chi connectivity index (χ3n) is 6.16. The van der Waals surface area contributed by atoms with Crippen molar-refractivity contribution in [3.05, 3.63) is 53.1 Å². The van der Waals surface area contributed by atoms with E-state index in [9.17, 15) is 9.90 Å². The Hall–Kier alpha value is -2.66. The number of hydrogen-bond donors (Lipinski definition) is 1. The summed E-state index contributed by atoms with van der Waals surface area (Å²) in [4.78, 5) is 18.9. The molecule has 1 fully saturated rings. The average molecular weight is 407 g/mol. The molecule has 0 spiro atoms. The third kappa shape index (κ3) is 4.12. The van der Waals surface area contributed by atoms with E-state index in [1.165, 1.54) is 0 Å². The highest BCUT2D eigenvalue weighted by molar-refractivity contribution is 6.06. The van der Waals surface area contributed by atoms with Crippen molar-refractivity contribution in [2.75, 3.05) is 19.6 Å². The number of aryl methyl sites for hydroxylation is 2. The summed E-state index contributed by atoms with van der Waals surface area (Å²) in [7, 11) is 0. The van der Waals surface area contributed by atoms with Gasteiger partial charge in [0.15, 0.2) is 5.75 Å². The fourth-order valence-electron chi connectivity index (χ4n) is 4.34. The van der Waals surface area contributed by atoms with Crippen LogP contribution in [-0.2, 0) is 4.79 Å². The largest absolute Gasteiger partial charge is 0.481 e. The Morgan fingerprint density at radius 2 is 1.77 bits per heavy atom. The number of carbonyl (C=O) groups is 1. The van der Waals surface area contributed by atoms with Crippen LogP contribution in [0, 0.1) is 25.2 Å². The highest BCUT2D eigenvalue weighted by atomic mass is 16.5. The van der Waals surface area contributed by atoms with Gasteiger partial charge in [-0.2, -0.15) is 0 Å². The summed E-state index contributed by atoms with van der Waals surface area (Å²) in [6.07, 6.45) is 1.92. The molecule has 1 N–H and O–H groups in total. The first kappa shape index (κ1) is 20.6. The lowest BCUT2D eigenvalue weighted by molar-refractivity contribution is -0.148. The van der Waals surface area contributed by atoms with Crippen molar-refractivity contribution >= 4 is 17.4 Å². The second-order valence-corrected chi connectivity index (χ2v) is 9.31. The van der Waals surface area contributed by atoms with Crippen molar-refractivity contribution in [2.45, 2.75) is 40.5 Å². The van der Waals surface area contributed by atoms with E-state index in [2.05, 4.69) is 49.1 Å². The van der Waals surface area contributed by atoms with Crippen LogP contribution in [0.3, 0.4) is 0 Å². The van der Waals surface area contributed by atoms with Crippen molar-refractivity contribution in [3.63, 3.8) is 0 Å². The first-order valence-corrected chi connectivity index (χ1v) is 10.7. The maximum Gasteiger partial charge on any atom is 0.310 e. The number of hydrogen-bond acceptors (Lipinski definition) is 4. The molecule has 0 amide bonds. The summed E-state index contributed by atoms with van der Waals surface area (Å²) in [5.74, 6) is 1.24. The second-order valence-electron chi connectivity index (χ2n) is 9.31. The Morgan fingerprint density at radius 1 is 1.10 bits per heavy atom. The predicted molar refractivity (Wildman–Crippen MR) is 119 cm³/mol. The summed E-state index contributed by atoms with van der Waals surface area (Å²) >= 11 is 0. The molecule has 0 saturated carbocycles. The number of ether oxygens (including phenoxy) is 1. The molecule has 2 aromatic carbocycles. The Kier molecular flexibility index (Phi) is 5.41. The summed E-state index contributed by atoms with van der Waals surface area (Å²) in [6, 6.07) is 12.5. The van der Waals surface area contributed by atoms with Crippen LogP contribution in [0.25, 0.3) is 0 Å². The number of benzene rings is 2. The van der Waals surface area contributed by atoms with E-state index < -0.39 is 11.4 Å². The lowest BCUT2D eigenvalue weighted by atomic mass is 9.85. The summed E-state index contributed by atoms with van der Waals surface area (Å²) in [5, 5.41) is 9.45. The quantitative estimate of drug-likeness (QED) is 0.743. The van der Waals surface area contributed by atoms with Crippen molar-refractivity contribution in [1.29, 1.82) is 0 Å². The number of carboxylic acid groups (broad SMARTS) is 1. The maximum atomic E-state index is 11.5. The molecule has 5 heteroatoms. The van der Waals surface area contributed by atoms with Crippen LogP contribution in [0.15, 0.2) is 41.4 Å². The van der Waals surface area contributed by atoms with Crippen LogP contribution in [0.4, 0.5) is 5.69 Å². The fourth-order valence-corrected chi connectivity index (χ4v) is 4.34. The first-order chi connectivity index (χ1) is 14.2. The van der Waals surface area contributed by atoms with Crippen molar-refractivity contribution in [2.24, 2.45) is 16.3 Å². The van der Waals surface area contributed by atoms with E-state index in [4.69, 9.17) is 9.73 Å². The van der Waals surface area contributed by atoms with E-state index in [-0.39, 0.29) is 0 Å². The molecule has 2 aliphatic rings. The van der Waals surface area contributed by atoms with Crippen LogP contribution in [0.5, 0.6) is 11.5 Å². The number of aliphatic carboxylic acids is 1. The minimum atomic E-state index is -0.744. The van der Waals surface area contributed by atoms with Gasteiger partial charge < -0.3 is 14.7 Å². The van der Waals surface area contributed by atoms with Gasteiger partial charge in [-0.3, -0.25) is 4.79 Å². The van der Waals surface area contributed by atoms with Gasteiger partial charge in [-0.05, 0) is 89.0 Å². The van der Waals surface area contributed by atoms with Gasteiger partial charge in [-0.1, -0.05) is 12.1 Å². The molecule has 0 bridgehead atoms. The molecule has 0 aromatic heterocycles. The summed E-state index contributed by atoms with van der Waals surface area (Å²) < 4.78 is 6.28. The molecule has 0 aliphatic carbocycles. The van der Waals surface area contributed by atoms with E-state index >= 15 is 0 Å². The summed E-state index contributed by atoms with van der Waals surface area (Å²) in [6.45, 7) is 10.1. The molecule has 4 rings (SSSR count). The van der Waals surface area contributed by atoms with Gasteiger partial charge in [0, 0.05) is 18.0 Å². The Labute approximate surface area is 178 Å². The molecule has 0 atom stereocenters. The van der Waals surface area contributed by atoms with Gasteiger partial charge in [0.25, 0.3) is 0 Å². The number of piperidine rings is 1. The minimum Gasteiger partial charge on any atom is -0.481 e. The zero-order valence-corrected chi connectivity index (χ0v) is 18.2. The third-order valence-corrected chi connectivity index (χ3v) is 6.16. The predicted octanol–water partition coefficient (Wildman–Crippen LogP) is 5.35. The topological polar surface area (TPSA) is 62.1 Å². The monoisotopic (exact) mass is 406 g/mol. The van der Waals surface area contributed by atoms with Crippen molar-refractivity contribution in [1.82, 2.24) is 4.90 Å². The molecule has 2 aliphatic heterocycles. The standard InChI is InChI=1S/C25H30N2O3/c1-16-6-8-21-20(13-16)26-23(19-7-5-17(2)14-22(19)30-21)18-9-11-27(12-10-18)15-25(3,4)24(28)29/h5-8,13-14,18H,9-12,15H2,1-4H3,(H,28,29). The van der Waals surface area contributed by atoms with E-state index in [1.807, 2.05) is 6.07 Å². The second kappa shape index (κ2) is 7.88. The number of likely N-dealkylation sites (tertiary alicyclic amines) is 1. The molecule has 158 valence electrons. The Morgan fingerprint density at radius 3 is 2.47 bits per heavy atom. The Bertz CT molecular complexity index is 1000. The van der Waals surface area contributed by atoms with Gasteiger partial charge in [0.2, 0.25) is 0 Å². The molecule has 1 saturated heterocycles. The lowest BCUT2D eigenvalue weighted by Gasteiger charge is -2.36. The molecular weight excluding hydrogens is 376 g/mol. The SMILES string of the molecule is Cc1ccc2c(c1)N=C(C1CCN(CC(C)(C)C(=O)O)CC1)c1ccc(C)cc1O2. The molecule has 2 aromatic rings. The smallest absolute Gasteiger partial charge is 0.310 e. The summed E-state index contributed by atoms with van der Waals surface area (Å²) in [5.41, 5.74) is 4.63. The normalized spacial score (nSPS) is 17.4. The minimum absolute atomic E-state index is 0.325. The van der Waals surface area contributed by atoms with Crippen LogP contribution < -0.4 is 4.74 Å². The van der Waals surface area contributed by atoms with Gasteiger partial charge >= 0.3 is 5.97 Å². The van der Waals surface area contributed by atoms with Gasteiger partial charge in [0.05, 0.1) is 11.1 Å². The number of fused-ring (bicyclic) bond motifs is 2. The number of nitrogens with zero attached hydrogens (tertiary/aromatic N) is 2. The first-order valence-electron chi connectivity index (χ1n) is 10.7. The average Bonchev–Trinajstić information content (AvgIpc) is 2.84. The van der Waals surface area contributed by atoms with E-state index in [1.54, 1.807) is 13.8 Å². The van der Waals surface area contributed by atoms with Crippen molar-refractivity contribution < 1.29 is 14.6 Å². The fraction of sp³-hybridized carbons (Fsp3) is 0.440. The zero-order valence-electron chi connectivity index (χ0n) is 18.2. The van der Waals surface area contributed by atoms with Crippen LogP contribution >= 0.6 is 0 Å². The van der Waals surface area contributed by atoms with Crippen LogP contribution in [0.2, 0.25) is 0 Å². The number of aliphatic imine (C=N–C) groups is 1. The molecule has 5 nitrogen and oxygen atoms in total. The zero-order chi connectivity index (χ0) is 21.5. The molecule has 0 unspecified atom stereocenters. The highest BCUT2D eigenvalue weighted by Gasteiger charge is 2.33. The molecule has 30 heavy (non-hydrogen) atoms.